The van der Waals surface area contributed by atoms with Crippen molar-refractivity contribution in [3.8, 4) is 16.8 Å². The van der Waals surface area contributed by atoms with Gasteiger partial charge in [-0.2, -0.15) is 4.68 Å². The van der Waals surface area contributed by atoms with Crippen LogP contribution in [0.2, 0.25) is 5.02 Å². The van der Waals surface area contributed by atoms with Crippen LogP contribution in [0.15, 0.2) is 82.1 Å². The lowest BCUT2D eigenvalue weighted by Crippen LogP contribution is -2.22. The number of pyridine rings is 1. The number of aromatic nitrogens is 5. The molecule has 0 fully saturated rings. The van der Waals surface area contributed by atoms with E-state index in [0.29, 0.717) is 33.5 Å². The molecule has 0 aliphatic carbocycles. The van der Waals surface area contributed by atoms with Crippen molar-refractivity contribution < 1.29 is 9.53 Å². The number of nitrogens with one attached hydrogen (secondary N) is 1. The van der Waals surface area contributed by atoms with Gasteiger partial charge in [-0.05, 0) is 58.0 Å². The number of anilines is 1. The van der Waals surface area contributed by atoms with E-state index in [-0.39, 0.29) is 12.1 Å². The minimum absolute atomic E-state index is 0.203. The van der Waals surface area contributed by atoms with E-state index in [9.17, 15) is 9.59 Å². The standard InChI is InChI=1S/C25H19Cl2N7O3/c1-37-25(36)30-18-5-2-15(3-6-18)21-12-19(29-24(21)27)13-33-9-8-16(10-23(33)35)20-11-17(26)4-7-22(20)34-14-28-31-32-34/h2-11,14H,12-13H2,1H3,(H,30,36). The average molecular weight is 536 g/mol. The van der Waals surface area contributed by atoms with Crippen LogP contribution in [-0.4, -0.2) is 43.7 Å². The molecule has 4 aromatic rings. The maximum Gasteiger partial charge on any atom is 0.411 e. The fraction of sp³-hybridized carbons (Fsp3) is 0.120. The zero-order chi connectivity index (χ0) is 25.9. The molecule has 1 N–H and O–H groups in total. The summed E-state index contributed by atoms with van der Waals surface area (Å²) >= 11 is 12.7. The summed E-state index contributed by atoms with van der Waals surface area (Å²) in [5, 5.41) is 14.8. The lowest BCUT2D eigenvalue weighted by atomic mass is 10.0. The van der Waals surface area contributed by atoms with Crippen molar-refractivity contribution in [1.29, 1.82) is 0 Å². The van der Waals surface area contributed by atoms with Crippen LogP contribution in [0.5, 0.6) is 0 Å². The first-order chi connectivity index (χ1) is 17.9. The summed E-state index contributed by atoms with van der Waals surface area (Å²) in [4.78, 5) is 28.9. The summed E-state index contributed by atoms with van der Waals surface area (Å²) in [6.07, 6.45) is 3.14. The SMILES string of the molecule is COC(=O)Nc1ccc(C2=C(Cl)N=C(Cn3ccc(-c4cc(Cl)ccc4-n4cnnn4)cc3=O)C2)cc1. The second-order valence-electron chi connectivity index (χ2n) is 8.12. The van der Waals surface area contributed by atoms with Crippen LogP contribution < -0.4 is 10.9 Å². The van der Waals surface area contributed by atoms with Gasteiger partial charge in [0.1, 0.15) is 11.5 Å². The van der Waals surface area contributed by atoms with Crippen molar-refractivity contribution in [2.75, 3.05) is 12.4 Å². The van der Waals surface area contributed by atoms with E-state index in [0.717, 1.165) is 22.4 Å². The molecule has 3 heterocycles. The summed E-state index contributed by atoms with van der Waals surface area (Å²) in [6, 6.07) is 15.9. The second kappa shape index (κ2) is 10.4. The number of ether oxygens (including phenoxy) is 1. The van der Waals surface area contributed by atoms with Gasteiger partial charge in [-0.25, -0.2) is 9.79 Å². The van der Waals surface area contributed by atoms with E-state index in [1.165, 1.54) is 24.2 Å². The fourth-order valence-electron chi connectivity index (χ4n) is 3.97. The van der Waals surface area contributed by atoms with Gasteiger partial charge in [-0.3, -0.25) is 10.1 Å². The zero-order valence-corrected chi connectivity index (χ0v) is 20.9. The number of rotatable bonds is 6. The Balaban J connectivity index is 1.32. The van der Waals surface area contributed by atoms with E-state index >= 15 is 0 Å². The van der Waals surface area contributed by atoms with Crippen LogP contribution in [0.4, 0.5) is 10.5 Å². The number of hydrogen-bond acceptors (Lipinski definition) is 7. The van der Waals surface area contributed by atoms with E-state index in [1.807, 2.05) is 18.2 Å². The lowest BCUT2D eigenvalue weighted by molar-refractivity contribution is 0.187. The molecular formula is C25H19Cl2N7O3. The van der Waals surface area contributed by atoms with Crippen molar-refractivity contribution in [3.05, 3.63) is 93.2 Å². The molecule has 5 rings (SSSR count). The van der Waals surface area contributed by atoms with Gasteiger partial charge in [0, 0.05) is 46.2 Å². The highest BCUT2D eigenvalue weighted by molar-refractivity contribution is 6.35. The van der Waals surface area contributed by atoms with Crippen LogP contribution in [0.25, 0.3) is 22.4 Å². The third kappa shape index (κ3) is 5.30. The van der Waals surface area contributed by atoms with Crippen LogP contribution in [0.3, 0.4) is 0 Å². The Labute approximate surface area is 220 Å². The highest BCUT2D eigenvalue weighted by Crippen LogP contribution is 2.33. The first-order valence-electron chi connectivity index (χ1n) is 11.1. The highest BCUT2D eigenvalue weighted by atomic mass is 35.5. The predicted molar refractivity (Wildman–Crippen MR) is 141 cm³/mol. The Morgan fingerprint density at radius 2 is 1.89 bits per heavy atom. The van der Waals surface area contributed by atoms with Crippen molar-refractivity contribution in [3.63, 3.8) is 0 Å². The van der Waals surface area contributed by atoms with Crippen LogP contribution in [-0.2, 0) is 11.3 Å². The molecule has 10 nitrogen and oxygen atoms in total. The van der Waals surface area contributed by atoms with Crippen LogP contribution in [0, 0.1) is 0 Å². The molecular weight excluding hydrogens is 517 g/mol. The summed E-state index contributed by atoms with van der Waals surface area (Å²) < 4.78 is 7.68. The topological polar surface area (TPSA) is 116 Å². The maximum absolute atomic E-state index is 13.0. The highest BCUT2D eigenvalue weighted by Gasteiger charge is 2.19. The third-order valence-corrected chi connectivity index (χ3v) is 6.31. The average Bonchev–Trinajstić information content (AvgIpc) is 3.55. The minimum Gasteiger partial charge on any atom is -0.453 e. The van der Waals surface area contributed by atoms with Gasteiger partial charge < -0.3 is 9.30 Å². The molecule has 0 atom stereocenters. The summed E-state index contributed by atoms with van der Waals surface area (Å²) in [5.74, 6) is 0. The summed E-state index contributed by atoms with van der Waals surface area (Å²) in [7, 11) is 1.30. The predicted octanol–water partition coefficient (Wildman–Crippen LogP) is 4.78. The van der Waals surface area contributed by atoms with Gasteiger partial charge in [0.2, 0.25) is 0 Å². The molecule has 1 aliphatic heterocycles. The number of carbonyl (C=O) groups is 1. The van der Waals surface area contributed by atoms with E-state index in [1.54, 1.807) is 41.1 Å². The second-order valence-corrected chi connectivity index (χ2v) is 8.91. The van der Waals surface area contributed by atoms with Gasteiger partial charge in [0.25, 0.3) is 5.56 Å². The molecule has 186 valence electrons. The van der Waals surface area contributed by atoms with Crippen LogP contribution in [0.1, 0.15) is 12.0 Å². The molecule has 0 saturated heterocycles. The maximum atomic E-state index is 13.0. The van der Waals surface area contributed by atoms with E-state index < -0.39 is 6.09 Å². The lowest BCUT2D eigenvalue weighted by Gasteiger charge is -2.11. The Morgan fingerprint density at radius 3 is 2.59 bits per heavy atom. The normalized spacial score (nSPS) is 13.0. The number of halogens is 2. The Morgan fingerprint density at radius 1 is 1.08 bits per heavy atom. The first kappa shape index (κ1) is 24.4. The van der Waals surface area contributed by atoms with E-state index in [4.69, 9.17) is 23.2 Å². The number of tetrazole rings is 1. The van der Waals surface area contributed by atoms with Crippen molar-refractivity contribution >= 4 is 46.3 Å². The number of amides is 1. The largest absolute Gasteiger partial charge is 0.453 e. The molecule has 0 radical (unpaired) electrons. The quantitative estimate of drug-likeness (QED) is 0.355. The number of nitrogens with zero attached hydrogens (tertiary/aromatic N) is 6. The molecule has 0 saturated carbocycles. The molecule has 0 unspecified atom stereocenters. The Kier molecular flexibility index (Phi) is 6.85. The Bertz CT molecular complexity index is 1590. The first-order valence-corrected chi connectivity index (χ1v) is 11.8. The number of benzene rings is 2. The molecule has 12 heteroatoms. The molecule has 37 heavy (non-hydrogen) atoms. The molecule has 0 spiro atoms. The monoisotopic (exact) mass is 535 g/mol. The number of aliphatic imine (C=N–C) groups is 1. The molecule has 2 aromatic carbocycles. The zero-order valence-electron chi connectivity index (χ0n) is 19.4. The molecule has 1 amide bonds. The minimum atomic E-state index is -0.546. The van der Waals surface area contributed by atoms with Gasteiger partial charge in [-0.15, -0.1) is 5.10 Å². The summed E-state index contributed by atoms with van der Waals surface area (Å²) in [5.41, 5.74) is 4.96. The van der Waals surface area contributed by atoms with E-state index in [2.05, 4.69) is 30.6 Å². The smallest absolute Gasteiger partial charge is 0.411 e. The number of hydrogen-bond donors (Lipinski definition) is 1. The number of methoxy groups -OCH3 is 1. The summed E-state index contributed by atoms with van der Waals surface area (Å²) in [6.45, 7) is 0.288. The molecule has 1 aliphatic rings. The van der Waals surface area contributed by atoms with Crippen molar-refractivity contribution in [2.24, 2.45) is 4.99 Å². The molecule has 2 aromatic heterocycles. The van der Waals surface area contributed by atoms with Crippen molar-refractivity contribution in [1.82, 2.24) is 24.8 Å². The number of carbonyl (C=O) groups excluding carboxylic acids is 1. The van der Waals surface area contributed by atoms with Gasteiger partial charge in [0.15, 0.2) is 0 Å². The van der Waals surface area contributed by atoms with Gasteiger partial charge in [0.05, 0.1) is 19.3 Å². The van der Waals surface area contributed by atoms with Crippen LogP contribution >= 0.6 is 23.2 Å². The van der Waals surface area contributed by atoms with Gasteiger partial charge >= 0.3 is 6.09 Å². The number of allylic oxidation sites excluding steroid dienone is 1. The molecule has 0 bridgehead atoms. The fourth-order valence-corrected chi connectivity index (χ4v) is 4.44. The van der Waals surface area contributed by atoms with Gasteiger partial charge in [-0.1, -0.05) is 35.3 Å². The Hall–Kier alpha value is -4.28. The third-order valence-electron chi connectivity index (χ3n) is 5.77. The van der Waals surface area contributed by atoms with Crippen molar-refractivity contribution in [2.45, 2.75) is 13.0 Å².